The number of rotatable bonds is 6. The first-order valence-corrected chi connectivity index (χ1v) is 5.31. The van der Waals surface area contributed by atoms with Crippen LogP contribution < -0.4 is 10.6 Å². The number of carbonyl (C=O) groups excluding carboxylic acids is 1. The van der Waals surface area contributed by atoms with E-state index in [1.54, 1.807) is 7.05 Å². The van der Waals surface area contributed by atoms with Crippen LogP contribution in [0.4, 0.5) is 0 Å². The molecule has 1 saturated carbocycles. The average molecular weight is 200 g/mol. The fourth-order valence-electron chi connectivity index (χ4n) is 1.62. The van der Waals surface area contributed by atoms with Crippen molar-refractivity contribution in [2.75, 3.05) is 20.2 Å². The van der Waals surface area contributed by atoms with Crippen LogP contribution in [0.3, 0.4) is 0 Å². The van der Waals surface area contributed by atoms with Gasteiger partial charge in [0.1, 0.15) is 0 Å². The van der Waals surface area contributed by atoms with Crippen LogP contribution in [-0.4, -0.2) is 38.3 Å². The maximum atomic E-state index is 10.9. The number of ether oxygens (including phenoxy) is 1. The Morgan fingerprint density at radius 2 is 2.21 bits per heavy atom. The average Bonchev–Trinajstić information content (AvgIpc) is 2.13. The van der Waals surface area contributed by atoms with Crippen molar-refractivity contribution < 1.29 is 9.53 Å². The molecule has 0 atom stereocenters. The minimum Gasteiger partial charge on any atom is -0.378 e. The van der Waals surface area contributed by atoms with Gasteiger partial charge in [-0.1, -0.05) is 0 Å². The summed E-state index contributed by atoms with van der Waals surface area (Å²) in [4.78, 5) is 10.9. The smallest absolute Gasteiger partial charge is 0.221 e. The van der Waals surface area contributed by atoms with Crippen molar-refractivity contribution in [1.82, 2.24) is 10.6 Å². The van der Waals surface area contributed by atoms with Gasteiger partial charge in [0.15, 0.2) is 0 Å². The second kappa shape index (κ2) is 5.98. The van der Waals surface area contributed by atoms with Gasteiger partial charge in [0.25, 0.3) is 0 Å². The molecule has 1 fully saturated rings. The van der Waals surface area contributed by atoms with E-state index < -0.39 is 0 Å². The zero-order valence-electron chi connectivity index (χ0n) is 9.01. The second-order valence-corrected chi connectivity index (χ2v) is 3.62. The summed E-state index contributed by atoms with van der Waals surface area (Å²) in [5, 5.41) is 5.93. The largest absolute Gasteiger partial charge is 0.378 e. The predicted molar refractivity (Wildman–Crippen MR) is 55.1 cm³/mol. The summed E-state index contributed by atoms with van der Waals surface area (Å²) in [6.07, 6.45) is 3.17. The summed E-state index contributed by atoms with van der Waals surface area (Å²) in [6.45, 7) is 3.59. The lowest BCUT2D eigenvalue weighted by molar-refractivity contribution is -0.120. The molecule has 0 saturated heterocycles. The molecule has 0 unspecified atom stereocenters. The number of amides is 1. The van der Waals surface area contributed by atoms with Crippen LogP contribution in [-0.2, 0) is 9.53 Å². The van der Waals surface area contributed by atoms with Crippen molar-refractivity contribution in [3.05, 3.63) is 0 Å². The van der Waals surface area contributed by atoms with Gasteiger partial charge in [-0.25, -0.2) is 0 Å². The second-order valence-electron chi connectivity index (χ2n) is 3.62. The van der Waals surface area contributed by atoms with E-state index in [1.165, 1.54) is 0 Å². The van der Waals surface area contributed by atoms with Crippen LogP contribution in [0.25, 0.3) is 0 Å². The molecule has 82 valence electrons. The van der Waals surface area contributed by atoms with Crippen LogP contribution in [0.2, 0.25) is 0 Å². The fourth-order valence-corrected chi connectivity index (χ4v) is 1.62. The Bertz CT molecular complexity index is 179. The van der Waals surface area contributed by atoms with Crippen LogP contribution in [0.15, 0.2) is 0 Å². The number of nitrogens with one attached hydrogen (secondary N) is 2. The highest BCUT2D eigenvalue weighted by molar-refractivity contribution is 5.75. The Kier molecular flexibility index (Phi) is 4.90. The van der Waals surface area contributed by atoms with Crippen molar-refractivity contribution >= 4 is 5.91 Å². The summed E-state index contributed by atoms with van der Waals surface area (Å²) < 4.78 is 5.44. The summed E-state index contributed by atoms with van der Waals surface area (Å²) in [5.74, 6) is 0.0955. The zero-order chi connectivity index (χ0) is 10.4. The van der Waals surface area contributed by atoms with Crippen molar-refractivity contribution in [2.45, 2.75) is 38.3 Å². The number of carbonyl (C=O) groups is 1. The predicted octanol–water partition coefficient (Wildman–Crippen LogP) is 0.280. The van der Waals surface area contributed by atoms with E-state index in [0.717, 1.165) is 26.0 Å². The minimum absolute atomic E-state index is 0.0955. The normalized spacial score (nSPS) is 25.6. The highest BCUT2D eigenvalue weighted by Crippen LogP contribution is 2.22. The van der Waals surface area contributed by atoms with Crippen LogP contribution in [0.5, 0.6) is 0 Å². The molecule has 0 heterocycles. The van der Waals surface area contributed by atoms with Crippen molar-refractivity contribution in [1.29, 1.82) is 0 Å². The zero-order valence-corrected chi connectivity index (χ0v) is 9.01. The first-order chi connectivity index (χ1) is 6.76. The number of hydrogen-bond acceptors (Lipinski definition) is 3. The summed E-state index contributed by atoms with van der Waals surface area (Å²) in [7, 11) is 1.66. The molecular formula is C10H20N2O2. The third-order valence-corrected chi connectivity index (χ3v) is 2.56. The highest BCUT2D eigenvalue weighted by atomic mass is 16.5. The molecule has 1 rings (SSSR count). The molecular weight excluding hydrogens is 180 g/mol. The fraction of sp³-hybridized carbons (Fsp3) is 0.900. The SMILES string of the molecule is CCOC1CC(NCCC(=O)NC)C1. The first-order valence-electron chi connectivity index (χ1n) is 5.31. The molecule has 1 aliphatic carbocycles. The lowest BCUT2D eigenvalue weighted by Crippen LogP contribution is -2.46. The molecule has 1 aliphatic rings. The van der Waals surface area contributed by atoms with E-state index in [2.05, 4.69) is 10.6 Å². The van der Waals surface area contributed by atoms with E-state index in [4.69, 9.17) is 4.74 Å². The van der Waals surface area contributed by atoms with Gasteiger partial charge in [-0.15, -0.1) is 0 Å². The molecule has 0 spiro atoms. The molecule has 4 heteroatoms. The molecule has 0 aromatic rings. The molecule has 2 N–H and O–H groups in total. The summed E-state index contributed by atoms with van der Waals surface area (Å²) >= 11 is 0. The monoisotopic (exact) mass is 200 g/mol. The standard InChI is InChI=1S/C10H20N2O2/c1-3-14-9-6-8(7-9)12-5-4-10(13)11-2/h8-9,12H,3-7H2,1-2H3,(H,11,13). The maximum absolute atomic E-state index is 10.9. The maximum Gasteiger partial charge on any atom is 0.221 e. The van der Waals surface area contributed by atoms with Gasteiger partial charge in [-0.3, -0.25) is 4.79 Å². The lowest BCUT2D eigenvalue weighted by Gasteiger charge is -2.35. The van der Waals surface area contributed by atoms with E-state index in [-0.39, 0.29) is 5.91 Å². The van der Waals surface area contributed by atoms with Gasteiger partial charge in [-0.2, -0.15) is 0 Å². The van der Waals surface area contributed by atoms with E-state index in [0.29, 0.717) is 18.6 Å². The molecule has 0 aliphatic heterocycles. The van der Waals surface area contributed by atoms with Gasteiger partial charge in [-0.05, 0) is 19.8 Å². The van der Waals surface area contributed by atoms with E-state index >= 15 is 0 Å². The molecule has 1 amide bonds. The van der Waals surface area contributed by atoms with E-state index in [9.17, 15) is 4.79 Å². The summed E-state index contributed by atoms with van der Waals surface area (Å²) in [6, 6.07) is 0.552. The lowest BCUT2D eigenvalue weighted by atomic mass is 9.89. The molecule has 0 radical (unpaired) electrons. The third-order valence-electron chi connectivity index (χ3n) is 2.56. The van der Waals surface area contributed by atoms with Crippen molar-refractivity contribution in [3.63, 3.8) is 0 Å². The molecule has 0 bridgehead atoms. The van der Waals surface area contributed by atoms with E-state index in [1.807, 2.05) is 6.92 Å². The van der Waals surface area contributed by atoms with Gasteiger partial charge in [0, 0.05) is 32.7 Å². The quantitative estimate of drug-likeness (QED) is 0.647. The molecule has 4 nitrogen and oxygen atoms in total. The van der Waals surface area contributed by atoms with Crippen LogP contribution >= 0.6 is 0 Å². The van der Waals surface area contributed by atoms with Gasteiger partial charge >= 0.3 is 0 Å². The Labute approximate surface area is 85.4 Å². The van der Waals surface area contributed by atoms with Crippen molar-refractivity contribution in [2.24, 2.45) is 0 Å². The third kappa shape index (κ3) is 3.64. The van der Waals surface area contributed by atoms with Crippen LogP contribution in [0, 0.1) is 0 Å². The Morgan fingerprint density at radius 1 is 1.50 bits per heavy atom. The Morgan fingerprint density at radius 3 is 2.79 bits per heavy atom. The molecule has 14 heavy (non-hydrogen) atoms. The van der Waals surface area contributed by atoms with Gasteiger partial charge in [0.2, 0.25) is 5.91 Å². The van der Waals surface area contributed by atoms with Gasteiger partial charge < -0.3 is 15.4 Å². The van der Waals surface area contributed by atoms with Gasteiger partial charge in [0.05, 0.1) is 6.10 Å². The first kappa shape index (κ1) is 11.5. The topological polar surface area (TPSA) is 50.4 Å². The van der Waals surface area contributed by atoms with Crippen LogP contribution in [0.1, 0.15) is 26.2 Å². The van der Waals surface area contributed by atoms with Crippen molar-refractivity contribution in [3.8, 4) is 0 Å². The summed E-state index contributed by atoms with van der Waals surface area (Å²) in [5.41, 5.74) is 0. The number of hydrogen-bond donors (Lipinski definition) is 2. The highest BCUT2D eigenvalue weighted by Gasteiger charge is 2.28. The molecule has 0 aromatic heterocycles. The minimum atomic E-state index is 0.0955. The Hall–Kier alpha value is -0.610. The molecule has 0 aromatic carbocycles. The Balaban J connectivity index is 1.93.